The van der Waals surface area contributed by atoms with Crippen molar-refractivity contribution in [3.8, 4) is 0 Å². The molecule has 1 aliphatic heterocycles. The molecule has 0 amide bonds. The number of ether oxygens (including phenoxy) is 2. The predicted molar refractivity (Wildman–Crippen MR) is 77.5 cm³/mol. The van der Waals surface area contributed by atoms with Gasteiger partial charge in [-0.1, -0.05) is 0 Å². The zero-order chi connectivity index (χ0) is 15.8. The number of carbonyl (C=O) groups is 2. The van der Waals surface area contributed by atoms with Crippen LogP contribution in [-0.2, 0) is 19.1 Å². The molecule has 7 nitrogen and oxygen atoms in total. The maximum absolute atomic E-state index is 11.8. The van der Waals surface area contributed by atoms with Gasteiger partial charge in [0.2, 0.25) is 0 Å². The van der Waals surface area contributed by atoms with E-state index >= 15 is 0 Å². The molecule has 0 saturated heterocycles. The van der Waals surface area contributed by atoms with Gasteiger partial charge in [-0.25, -0.2) is 15.0 Å². The van der Waals surface area contributed by atoms with Crippen molar-refractivity contribution in [2.75, 3.05) is 19.8 Å². The quantitative estimate of drug-likeness (QED) is 0.309. The summed E-state index contributed by atoms with van der Waals surface area (Å²) in [6.07, 6.45) is 3.28. The highest BCUT2D eigenvalue weighted by Crippen LogP contribution is 2.09. The minimum absolute atomic E-state index is 0.157. The summed E-state index contributed by atoms with van der Waals surface area (Å²) < 4.78 is 9.73. The molecule has 0 saturated carbocycles. The van der Waals surface area contributed by atoms with Crippen LogP contribution in [0.1, 0.15) is 27.7 Å². The van der Waals surface area contributed by atoms with E-state index in [9.17, 15) is 9.59 Å². The van der Waals surface area contributed by atoms with E-state index in [-0.39, 0.29) is 24.8 Å². The first kappa shape index (κ1) is 17.0. The van der Waals surface area contributed by atoms with Gasteiger partial charge in [0, 0.05) is 18.8 Å². The lowest BCUT2D eigenvalue weighted by Crippen LogP contribution is -2.38. The molecule has 2 N–H and O–H groups in total. The molecule has 7 heteroatoms. The van der Waals surface area contributed by atoms with Crippen molar-refractivity contribution >= 4 is 11.9 Å². The van der Waals surface area contributed by atoms with E-state index in [0.717, 1.165) is 12.4 Å². The van der Waals surface area contributed by atoms with E-state index in [0.29, 0.717) is 0 Å². The Morgan fingerprint density at radius 3 is 2.33 bits per heavy atom. The third-order valence-corrected chi connectivity index (χ3v) is 2.73. The first-order chi connectivity index (χ1) is 10.0. The van der Waals surface area contributed by atoms with Crippen molar-refractivity contribution in [3.05, 3.63) is 23.7 Å². The van der Waals surface area contributed by atoms with E-state index in [2.05, 4.69) is 10.7 Å². The van der Waals surface area contributed by atoms with Crippen LogP contribution in [0, 0.1) is 0 Å². The summed E-state index contributed by atoms with van der Waals surface area (Å²) in [6.45, 7) is 8.47. The fraction of sp³-hybridized carbons (Fsp3) is 0.571. The maximum atomic E-state index is 11.8. The number of esters is 2. The summed E-state index contributed by atoms with van der Waals surface area (Å²) in [5, 5.41) is 4.84. The fourth-order valence-electron chi connectivity index (χ4n) is 1.83. The van der Waals surface area contributed by atoms with Crippen molar-refractivity contribution in [2.24, 2.45) is 0 Å². The van der Waals surface area contributed by atoms with E-state index in [4.69, 9.17) is 9.47 Å². The van der Waals surface area contributed by atoms with Crippen molar-refractivity contribution in [1.82, 2.24) is 15.8 Å². The van der Waals surface area contributed by atoms with Gasteiger partial charge in [-0.3, -0.25) is 5.01 Å². The van der Waals surface area contributed by atoms with Crippen LogP contribution in [-0.4, -0.2) is 42.7 Å². The number of nitrogens with zero attached hydrogens (tertiary/aromatic N) is 1. The van der Waals surface area contributed by atoms with Crippen molar-refractivity contribution in [1.29, 1.82) is 0 Å². The van der Waals surface area contributed by atoms with E-state index in [1.165, 1.54) is 6.20 Å². The van der Waals surface area contributed by atoms with Crippen molar-refractivity contribution in [2.45, 2.75) is 33.7 Å². The van der Waals surface area contributed by atoms with Gasteiger partial charge in [-0.05, 0) is 33.8 Å². The second-order valence-corrected chi connectivity index (χ2v) is 4.36. The monoisotopic (exact) mass is 297 g/mol. The third-order valence-electron chi connectivity index (χ3n) is 2.73. The second kappa shape index (κ2) is 8.31. The van der Waals surface area contributed by atoms with Crippen LogP contribution < -0.4 is 10.7 Å². The fourth-order valence-corrected chi connectivity index (χ4v) is 1.83. The summed E-state index contributed by atoms with van der Waals surface area (Å²) >= 11 is 0. The van der Waals surface area contributed by atoms with Crippen LogP contribution in [0.2, 0.25) is 0 Å². The lowest BCUT2D eigenvalue weighted by atomic mass is 10.3. The van der Waals surface area contributed by atoms with Crippen molar-refractivity contribution < 1.29 is 19.1 Å². The molecule has 1 heterocycles. The van der Waals surface area contributed by atoms with Crippen LogP contribution in [0.5, 0.6) is 0 Å². The van der Waals surface area contributed by atoms with Crippen LogP contribution in [0.3, 0.4) is 0 Å². The SMILES string of the molecule is CCOC(=O)C(=CNC1=CC(C)NN1CC)C(=O)OCC. The first-order valence-corrected chi connectivity index (χ1v) is 7.09. The number of hydrogen-bond acceptors (Lipinski definition) is 7. The largest absolute Gasteiger partial charge is 0.462 e. The highest BCUT2D eigenvalue weighted by Gasteiger charge is 2.23. The zero-order valence-corrected chi connectivity index (χ0v) is 12.9. The average Bonchev–Trinajstić information content (AvgIpc) is 2.80. The van der Waals surface area contributed by atoms with Gasteiger partial charge in [0.1, 0.15) is 5.82 Å². The highest BCUT2D eigenvalue weighted by atomic mass is 16.6. The molecule has 1 aliphatic rings. The third kappa shape index (κ3) is 4.78. The number of rotatable bonds is 7. The number of hydrazine groups is 1. The molecule has 0 aromatic carbocycles. The predicted octanol–water partition coefficient (Wildman–Crippen LogP) is 0.656. The summed E-state index contributed by atoms with van der Waals surface area (Å²) in [5.41, 5.74) is 3.05. The Balaban J connectivity index is 2.85. The molecule has 1 unspecified atom stereocenters. The molecular weight excluding hydrogens is 274 g/mol. The second-order valence-electron chi connectivity index (χ2n) is 4.36. The topological polar surface area (TPSA) is 79.9 Å². The van der Waals surface area contributed by atoms with E-state index < -0.39 is 11.9 Å². The minimum Gasteiger partial charge on any atom is -0.462 e. The minimum atomic E-state index is -0.703. The molecule has 0 aliphatic carbocycles. The molecule has 0 aromatic rings. The molecule has 0 aromatic heterocycles. The Morgan fingerprint density at radius 1 is 1.29 bits per heavy atom. The van der Waals surface area contributed by atoms with Gasteiger partial charge in [-0.2, -0.15) is 0 Å². The summed E-state index contributed by atoms with van der Waals surface area (Å²) in [4.78, 5) is 23.6. The van der Waals surface area contributed by atoms with Gasteiger partial charge < -0.3 is 14.8 Å². The molecule has 0 bridgehead atoms. The van der Waals surface area contributed by atoms with Crippen molar-refractivity contribution in [3.63, 3.8) is 0 Å². The van der Waals surface area contributed by atoms with Gasteiger partial charge in [-0.15, -0.1) is 0 Å². The Kier molecular flexibility index (Phi) is 6.74. The van der Waals surface area contributed by atoms with E-state index in [1.807, 2.05) is 24.9 Å². The number of carbonyl (C=O) groups excluding carboxylic acids is 2. The average molecular weight is 297 g/mol. The molecule has 0 fully saturated rings. The van der Waals surface area contributed by atoms with Crippen LogP contribution in [0.15, 0.2) is 23.7 Å². The van der Waals surface area contributed by atoms with Crippen LogP contribution in [0.4, 0.5) is 0 Å². The van der Waals surface area contributed by atoms with E-state index in [1.54, 1.807) is 13.8 Å². The van der Waals surface area contributed by atoms with Gasteiger partial charge in [0.15, 0.2) is 5.57 Å². The van der Waals surface area contributed by atoms with Gasteiger partial charge >= 0.3 is 11.9 Å². The summed E-state index contributed by atoms with van der Waals surface area (Å²) in [7, 11) is 0. The lowest BCUT2D eigenvalue weighted by Gasteiger charge is -2.21. The summed E-state index contributed by atoms with van der Waals surface area (Å²) in [5.74, 6) is -0.631. The molecule has 118 valence electrons. The van der Waals surface area contributed by atoms with Gasteiger partial charge in [0.05, 0.1) is 13.2 Å². The Hall–Kier alpha value is -2.02. The Labute approximate surface area is 124 Å². The molecule has 1 rings (SSSR count). The maximum Gasteiger partial charge on any atom is 0.347 e. The molecule has 0 radical (unpaired) electrons. The standard InChI is InChI=1S/C14H23N3O4/c1-5-17-12(8-10(4)16-17)15-9-11(13(18)20-6-2)14(19)21-7-3/h8-10,15-16H,5-7H2,1-4H3. The van der Waals surface area contributed by atoms with Crippen LogP contribution in [0.25, 0.3) is 0 Å². The molecule has 0 spiro atoms. The summed E-state index contributed by atoms with van der Waals surface area (Å²) in [6, 6.07) is 0.175. The zero-order valence-electron chi connectivity index (χ0n) is 12.9. The normalized spacial score (nSPS) is 17.0. The smallest absolute Gasteiger partial charge is 0.347 e. The first-order valence-electron chi connectivity index (χ1n) is 7.09. The highest BCUT2D eigenvalue weighted by molar-refractivity contribution is 6.13. The molecule has 21 heavy (non-hydrogen) atoms. The Bertz CT molecular complexity index is 426. The van der Waals surface area contributed by atoms with Crippen LogP contribution >= 0.6 is 0 Å². The Morgan fingerprint density at radius 2 is 1.86 bits per heavy atom. The molecular formula is C14H23N3O4. The van der Waals surface area contributed by atoms with Gasteiger partial charge in [0.25, 0.3) is 0 Å². The molecule has 1 atom stereocenters. The number of nitrogens with one attached hydrogen (secondary N) is 2. The number of hydrogen-bond donors (Lipinski definition) is 2. The lowest BCUT2D eigenvalue weighted by molar-refractivity contribution is -0.146.